The molecule has 5 nitrogen and oxygen atoms in total. The van der Waals surface area contributed by atoms with Crippen LogP contribution in [0.15, 0.2) is 60.7 Å². The van der Waals surface area contributed by atoms with E-state index in [1.807, 2.05) is 30.3 Å². The third kappa shape index (κ3) is 4.50. The third-order valence-corrected chi connectivity index (χ3v) is 4.47. The topological polar surface area (TPSA) is 50.8 Å². The van der Waals surface area contributed by atoms with Gasteiger partial charge in [0.25, 0.3) is 0 Å². The van der Waals surface area contributed by atoms with E-state index in [-0.39, 0.29) is 6.03 Å². The number of benzene rings is 3. The van der Waals surface area contributed by atoms with E-state index >= 15 is 0 Å². The molecule has 0 heterocycles. The van der Waals surface area contributed by atoms with Crippen molar-refractivity contribution in [3.8, 4) is 11.5 Å². The summed E-state index contributed by atoms with van der Waals surface area (Å²) in [6.07, 6.45) is 0. The molecule has 0 fully saturated rings. The standard InChI is InChI=1S/C22H24N2O3/c1-24(15-17-8-10-18-6-4-5-7-19(18)12-17)22(25)23-14-16-9-11-20(26-2)21(13-16)27-3/h4-13H,14-15H2,1-3H3,(H,23,25). The molecule has 140 valence electrons. The van der Waals surface area contributed by atoms with Gasteiger partial charge in [0, 0.05) is 20.1 Å². The van der Waals surface area contributed by atoms with Gasteiger partial charge in [-0.2, -0.15) is 0 Å². The number of hydrogen-bond acceptors (Lipinski definition) is 3. The average molecular weight is 364 g/mol. The number of fused-ring (bicyclic) bond motifs is 1. The van der Waals surface area contributed by atoms with E-state index in [2.05, 4.69) is 35.6 Å². The van der Waals surface area contributed by atoms with Crippen LogP contribution in [0.1, 0.15) is 11.1 Å². The normalized spacial score (nSPS) is 10.5. The summed E-state index contributed by atoms with van der Waals surface area (Å²) in [7, 11) is 4.98. The number of rotatable bonds is 6. The molecule has 3 aromatic carbocycles. The SMILES string of the molecule is COc1ccc(CNC(=O)N(C)Cc2ccc3ccccc3c2)cc1OC. The van der Waals surface area contributed by atoms with Crippen molar-refractivity contribution in [2.45, 2.75) is 13.1 Å². The van der Waals surface area contributed by atoms with Gasteiger partial charge in [0.2, 0.25) is 0 Å². The first-order chi connectivity index (χ1) is 13.1. The first-order valence-electron chi connectivity index (χ1n) is 8.78. The highest BCUT2D eigenvalue weighted by Crippen LogP contribution is 2.27. The average Bonchev–Trinajstić information content (AvgIpc) is 2.71. The van der Waals surface area contributed by atoms with Crippen LogP contribution in [0, 0.1) is 0 Å². The second-order valence-electron chi connectivity index (χ2n) is 6.39. The molecule has 0 bridgehead atoms. The van der Waals surface area contributed by atoms with Gasteiger partial charge < -0.3 is 19.7 Å². The lowest BCUT2D eigenvalue weighted by Crippen LogP contribution is -2.36. The molecule has 0 aliphatic rings. The maximum Gasteiger partial charge on any atom is 0.317 e. The number of hydrogen-bond donors (Lipinski definition) is 1. The Labute approximate surface area is 159 Å². The Hall–Kier alpha value is -3.21. The van der Waals surface area contributed by atoms with E-state index in [1.54, 1.807) is 26.2 Å². The van der Waals surface area contributed by atoms with Crippen LogP contribution in [-0.4, -0.2) is 32.2 Å². The molecule has 2 amide bonds. The largest absolute Gasteiger partial charge is 0.493 e. The molecule has 3 rings (SSSR count). The van der Waals surface area contributed by atoms with E-state index < -0.39 is 0 Å². The molecule has 0 aromatic heterocycles. The maximum absolute atomic E-state index is 12.4. The Kier molecular flexibility index (Phi) is 5.81. The van der Waals surface area contributed by atoms with E-state index in [0.717, 1.165) is 11.1 Å². The fourth-order valence-electron chi connectivity index (χ4n) is 2.99. The Morgan fingerprint density at radius 1 is 0.889 bits per heavy atom. The van der Waals surface area contributed by atoms with Crippen molar-refractivity contribution >= 4 is 16.8 Å². The summed E-state index contributed by atoms with van der Waals surface area (Å²) >= 11 is 0. The monoisotopic (exact) mass is 364 g/mol. The Morgan fingerprint density at radius 3 is 2.33 bits per heavy atom. The maximum atomic E-state index is 12.4. The molecule has 0 saturated carbocycles. The van der Waals surface area contributed by atoms with Crippen LogP contribution in [0.25, 0.3) is 10.8 Å². The molecule has 0 radical (unpaired) electrons. The van der Waals surface area contributed by atoms with Crippen molar-refractivity contribution in [1.82, 2.24) is 10.2 Å². The van der Waals surface area contributed by atoms with Crippen molar-refractivity contribution in [3.05, 3.63) is 71.8 Å². The smallest absolute Gasteiger partial charge is 0.317 e. The molecule has 0 spiro atoms. The van der Waals surface area contributed by atoms with Gasteiger partial charge in [-0.15, -0.1) is 0 Å². The summed E-state index contributed by atoms with van der Waals surface area (Å²) in [6.45, 7) is 0.962. The minimum Gasteiger partial charge on any atom is -0.493 e. The van der Waals surface area contributed by atoms with Crippen molar-refractivity contribution in [2.24, 2.45) is 0 Å². The number of ether oxygens (including phenoxy) is 2. The number of carbonyl (C=O) groups excluding carboxylic acids is 1. The minimum atomic E-state index is -0.127. The quantitative estimate of drug-likeness (QED) is 0.713. The number of nitrogens with one attached hydrogen (secondary N) is 1. The van der Waals surface area contributed by atoms with Crippen LogP contribution < -0.4 is 14.8 Å². The highest BCUT2D eigenvalue weighted by molar-refractivity contribution is 5.83. The van der Waals surface area contributed by atoms with E-state index in [9.17, 15) is 4.79 Å². The summed E-state index contributed by atoms with van der Waals surface area (Å²) in [6, 6.07) is 19.9. The molecule has 0 aliphatic carbocycles. The van der Waals surface area contributed by atoms with Gasteiger partial charge in [-0.25, -0.2) is 4.79 Å². The Morgan fingerprint density at radius 2 is 1.59 bits per heavy atom. The van der Waals surface area contributed by atoms with Crippen molar-refractivity contribution in [3.63, 3.8) is 0 Å². The van der Waals surface area contributed by atoms with Gasteiger partial charge in [-0.1, -0.05) is 42.5 Å². The molecular weight excluding hydrogens is 340 g/mol. The Balaban J connectivity index is 1.60. The van der Waals surface area contributed by atoms with Crippen molar-refractivity contribution < 1.29 is 14.3 Å². The van der Waals surface area contributed by atoms with Gasteiger partial charge >= 0.3 is 6.03 Å². The van der Waals surface area contributed by atoms with Gasteiger partial charge in [0.1, 0.15) is 0 Å². The fraction of sp³-hybridized carbons (Fsp3) is 0.227. The zero-order valence-electron chi connectivity index (χ0n) is 15.9. The van der Waals surface area contributed by atoms with Gasteiger partial charge in [0.05, 0.1) is 14.2 Å². The first-order valence-corrected chi connectivity index (χ1v) is 8.78. The first kappa shape index (κ1) is 18.6. The van der Waals surface area contributed by atoms with Crippen LogP contribution in [0.5, 0.6) is 11.5 Å². The third-order valence-electron chi connectivity index (χ3n) is 4.47. The van der Waals surface area contributed by atoms with E-state index in [1.165, 1.54) is 10.8 Å². The fourth-order valence-corrected chi connectivity index (χ4v) is 2.99. The lowest BCUT2D eigenvalue weighted by Gasteiger charge is -2.19. The molecule has 0 aliphatic heterocycles. The molecule has 1 N–H and O–H groups in total. The van der Waals surface area contributed by atoms with Crippen molar-refractivity contribution in [1.29, 1.82) is 0 Å². The highest BCUT2D eigenvalue weighted by atomic mass is 16.5. The van der Waals surface area contributed by atoms with Gasteiger partial charge in [-0.05, 0) is 40.1 Å². The summed E-state index contributed by atoms with van der Waals surface area (Å²) in [5, 5.41) is 5.31. The minimum absolute atomic E-state index is 0.127. The molecule has 27 heavy (non-hydrogen) atoms. The molecule has 5 heteroatoms. The van der Waals surface area contributed by atoms with Crippen LogP contribution in [0.2, 0.25) is 0 Å². The van der Waals surface area contributed by atoms with E-state index in [0.29, 0.717) is 24.6 Å². The summed E-state index contributed by atoms with van der Waals surface area (Å²) < 4.78 is 10.5. The lowest BCUT2D eigenvalue weighted by molar-refractivity contribution is 0.206. The van der Waals surface area contributed by atoms with Crippen molar-refractivity contribution in [2.75, 3.05) is 21.3 Å². The van der Waals surface area contributed by atoms with Gasteiger partial charge in [-0.3, -0.25) is 0 Å². The molecule has 0 atom stereocenters. The lowest BCUT2D eigenvalue weighted by atomic mass is 10.1. The van der Waals surface area contributed by atoms with Crippen LogP contribution in [-0.2, 0) is 13.1 Å². The zero-order chi connectivity index (χ0) is 19.2. The summed E-state index contributed by atoms with van der Waals surface area (Å²) in [5.74, 6) is 1.31. The number of carbonyl (C=O) groups is 1. The second-order valence-corrected chi connectivity index (χ2v) is 6.39. The molecular formula is C22H24N2O3. The van der Waals surface area contributed by atoms with Gasteiger partial charge in [0.15, 0.2) is 11.5 Å². The molecule has 3 aromatic rings. The van der Waals surface area contributed by atoms with Crippen LogP contribution in [0.3, 0.4) is 0 Å². The number of nitrogens with zero attached hydrogens (tertiary/aromatic N) is 1. The summed E-state index contributed by atoms with van der Waals surface area (Å²) in [4.78, 5) is 14.1. The molecule has 0 unspecified atom stereocenters. The zero-order valence-corrected chi connectivity index (χ0v) is 15.9. The predicted molar refractivity (Wildman–Crippen MR) is 107 cm³/mol. The van der Waals surface area contributed by atoms with E-state index in [4.69, 9.17) is 9.47 Å². The number of amides is 2. The molecule has 0 saturated heterocycles. The number of methoxy groups -OCH3 is 2. The Bertz CT molecular complexity index is 940. The predicted octanol–water partition coefficient (Wildman–Crippen LogP) is 4.20. The number of urea groups is 1. The second kappa shape index (κ2) is 8.45. The summed E-state index contributed by atoms with van der Waals surface area (Å²) in [5.41, 5.74) is 2.04. The van der Waals surface area contributed by atoms with Crippen LogP contribution in [0.4, 0.5) is 4.79 Å². The highest BCUT2D eigenvalue weighted by Gasteiger charge is 2.10. The van der Waals surface area contributed by atoms with Crippen LogP contribution >= 0.6 is 0 Å².